The second-order valence-electron chi connectivity index (χ2n) is 3.44. The fourth-order valence-corrected chi connectivity index (χ4v) is 1.51. The monoisotopic (exact) mass is 163 g/mol. The van der Waals surface area contributed by atoms with E-state index in [2.05, 4.69) is 9.97 Å². The summed E-state index contributed by atoms with van der Waals surface area (Å²) >= 11 is 0. The maximum Gasteiger partial charge on any atom is 0.142 e. The van der Waals surface area contributed by atoms with E-state index in [1.54, 1.807) is 6.20 Å². The van der Waals surface area contributed by atoms with E-state index in [0.717, 1.165) is 18.0 Å². The van der Waals surface area contributed by atoms with Gasteiger partial charge in [0, 0.05) is 6.20 Å². The van der Waals surface area contributed by atoms with E-state index in [0.29, 0.717) is 5.82 Å². The van der Waals surface area contributed by atoms with Gasteiger partial charge in [-0.25, -0.2) is 4.98 Å². The van der Waals surface area contributed by atoms with Crippen molar-refractivity contribution >= 4 is 5.82 Å². The van der Waals surface area contributed by atoms with Crippen molar-refractivity contribution in [2.24, 2.45) is 5.92 Å². The fourth-order valence-electron chi connectivity index (χ4n) is 1.51. The molecule has 2 rings (SSSR count). The molecule has 0 radical (unpaired) electrons. The van der Waals surface area contributed by atoms with Crippen LogP contribution in [0.25, 0.3) is 0 Å². The van der Waals surface area contributed by atoms with Crippen LogP contribution < -0.4 is 5.73 Å². The maximum absolute atomic E-state index is 5.52. The van der Waals surface area contributed by atoms with E-state index in [9.17, 15) is 0 Å². The average molecular weight is 163 g/mol. The van der Waals surface area contributed by atoms with E-state index >= 15 is 0 Å². The highest BCUT2D eigenvalue weighted by molar-refractivity contribution is 5.23. The Hall–Kier alpha value is -1.12. The first-order valence-electron chi connectivity index (χ1n) is 4.41. The minimum absolute atomic E-state index is 0.534. The maximum atomic E-state index is 5.52. The predicted molar refractivity (Wildman–Crippen MR) is 47.5 cm³/mol. The van der Waals surface area contributed by atoms with Crippen LogP contribution in [0.3, 0.4) is 0 Å². The third-order valence-electron chi connectivity index (χ3n) is 2.43. The first kappa shape index (κ1) is 7.53. The van der Waals surface area contributed by atoms with Gasteiger partial charge in [-0.2, -0.15) is 0 Å². The van der Waals surface area contributed by atoms with Crippen LogP contribution in [-0.4, -0.2) is 9.97 Å². The van der Waals surface area contributed by atoms with Gasteiger partial charge in [-0.3, -0.25) is 4.98 Å². The van der Waals surface area contributed by atoms with Crippen molar-refractivity contribution in [1.82, 2.24) is 9.97 Å². The number of hydrogen-bond donors (Lipinski definition) is 1. The number of aromatic nitrogens is 2. The lowest BCUT2D eigenvalue weighted by Crippen LogP contribution is -2.14. The highest BCUT2D eigenvalue weighted by Gasteiger charge is 2.18. The molecule has 1 aromatic rings. The van der Waals surface area contributed by atoms with E-state index in [1.807, 2.05) is 6.20 Å². The molecule has 12 heavy (non-hydrogen) atoms. The smallest absolute Gasteiger partial charge is 0.142 e. The van der Waals surface area contributed by atoms with Gasteiger partial charge < -0.3 is 5.73 Å². The normalized spacial score (nSPS) is 17.3. The van der Waals surface area contributed by atoms with Gasteiger partial charge in [0.25, 0.3) is 0 Å². The molecule has 3 nitrogen and oxygen atoms in total. The average Bonchev–Trinajstić information content (AvgIpc) is 1.97. The molecule has 0 bridgehead atoms. The lowest BCUT2D eigenvalue weighted by molar-refractivity contribution is 0.312. The Morgan fingerprint density at radius 2 is 2.25 bits per heavy atom. The van der Waals surface area contributed by atoms with E-state index < -0.39 is 0 Å². The van der Waals surface area contributed by atoms with Gasteiger partial charge in [-0.15, -0.1) is 0 Å². The molecular weight excluding hydrogens is 150 g/mol. The second-order valence-corrected chi connectivity index (χ2v) is 3.44. The van der Waals surface area contributed by atoms with Gasteiger partial charge >= 0.3 is 0 Å². The SMILES string of the molecule is Nc1cncc(CC2CCC2)n1. The summed E-state index contributed by atoms with van der Waals surface area (Å²) in [5.41, 5.74) is 6.56. The van der Waals surface area contributed by atoms with Crippen LogP contribution in [0.2, 0.25) is 0 Å². The summed E-state index contributed by atoms with van der Waals surface area (Å²) in [4.78, 5) is 8.22. The van der Waals surface area contributed by atoms with Crippen LogP contribution in [-0.2, 0) is 6.42 Å². The summed E-state index contributed by atoms with van der Waals surface area (Å²) in [5, 5.41) is 0. The zero-order valence-electron chi connectivity index (χ0n) is 7.03. The van der Waals surface area contributed by atoms with Gasteiger partial charge in [-0.05, 0) is 12.3 Å². The van der Waals surface area contributed by atoms with Crippen molar-refractivity contribution in [2.75, 3.05) is 5.73 Å². The van der Waals surface area contributed by atoms with Crippen molar-refractivity contribution < 1.29 is 0 Å². The third kappa shape index (κ3) is 1.55. The van der Waals surface area contributed by atoms with Crippen molar-refractivity contribution in [1.29, 1.82) is 0 Å². The van der Waals surface area contributed by atoms with Gasteiger partial charge in [0.05, 0.1) is 11.9 Å². The molecule has 0 aromatic carbocycles. The summed E-state index contributed by atoms with van der Waals surface area (Å²) in [6, 6.07) is 0. The summed E-state index contributed by atoms with van der Waals surface area (Å²) in [6.45, 7) is 0. The zero-order chi connectivity index (χ0) is 8.39. The third-order valence-corrected chi connectivity index (χ3v) is 2.43. The van der Waals surface area contributed by atoms with Crippen LogP contribution in [0.4, 0.5) is 5.82 Å². The van der Waals surface area contributed by atoms with Gasteiger partial charge in [0.15, 0.2) is 0 Å². The Morgan fingerprint density at radius 1 is 1.42 bits per heavy atom. The Balaban J connectivity index is 2.02. The van der Waals surface area contributed by atoms with Crippen LogP contribution in [0.15, 0.2) is 12.4 Å². The first-order valence-corrected chi connectivity index (χ1v) is 4.41. The van der Waals surface area contributed by atoms with Crippen LogP contribution in [0.5, 0.6) is 0 Å². The number of nitrogen functional groups attached to an aromatic ring is 1. The summed E-state index contributed by atoms with van der Waals surface area (Å²) in [5.74, 6) is 1.37. The lowest BCUT2D eigenvalue weighted by Gasteiger charge is -2.24. The molecule has 0 aliphatic heterocycles. The van der Waals surface area contributed by atoms with Gasteiger partial charge in [0.1, 0.15) is 5.82 Å². The molecule has 1 aromatic heterocycles. The van der Waals surface area contributed by atoms with E-state index in [1.165, 1.54) is 19.3 Å². The first-order chi connectivity index (χ1) is 5.84. The van der Waals surface area contributed by atoms with Crippen molar-refractivity contribution in [3.8, 4) is 0 Å². The molecule has 1 aliphatic rings. The molecule has 0 amide bonds. The largest absolute Gasteiger partial charge is 0.382 e. The molecule has 1 fully saturated rings. The molecule has 0 unspecified atom stereocenters. The van der Waals surface area contributed by atoms with Crippen molar-refractivity contribution in [3.05, 3.63) is 18.1 Å². The van der Waals surface area contributed by atoms with Crippen LogP contribution >= 0.6 is 0 Å². The quantitative estimate of drug-likeness (QED) is 0.717. The molecule has 0 spiro atoms. The highest BCUT2D eigenvalue weighted by atomic mass is 14.9. The minimum Gasteiger partial charge on any atom is -0.382 e. The van der Waals surface area contributed by atoms with Crippen molar-refractivity contribution in [2.45, 2.75) is 25.7 Å². The number of nitrogens with zero attached hydrogens (tertiary/aromatic N) is 2. The summed E-state index contributed by atoms with van der Waals surface area (Å²) in [7, 11) is 0. The fraction of sp³-hybridized carbons (Fsp3) is 0.556. The zero-order valence-corrected chi connectivity index (χ0v) is 7.03. The second kappa shape index (κ2) is 3.09. The Kier molecular flexibility index (Phi) is 1.94. The molecule has 3 heteroatoms. The molecule has 0 saturated heterocycles. The Bertz CT molecular complexity index is 268. The highest BCUT2D eigenvalue weighted by Crippen LogP contribution is 2.28. The molecule has 1 saturated carbocycles. The van der Waals surface area contributed by atoms with E-state index in [4.69, 9.17) is 5.73 Å². The number of anilines is 1. The number of rotatable bonds is 2. The topological polar surface area (TPSA) is 51.8 Å². The molecule has 2 N–H and O–H groups in total. The number of nitrogens with two attached hydrogens (primary N) is 1. The van der Waals surface area contributed by atoms with Gasteiger partial charge in [-0.1, -0.05) is 19.3 Å². The molecular formula is C9H13N3. The molecule has 0 atom stereocenters. The Labute approximate surface area is 72.0 Å². The number of hydrogen-bond acceptors (Lipinski definition) is 3. The predicted octanol–water partition coefficient (Wildman–Crippen LogP) is 1.40. The van der Waals surface area contributed by atoms with Crippen LogP contribution in [0, 0.1) is 5.92 Å². The Morgan fingerprint density at radius 3 is 2.83 bits per heavy atom. The lowest BCUT2D eigenvalue weighted by atomic mass is 9.82. The molecule has 1 aliphatic carbocycles. The minimum atomic E-state index is 0.534. The molecule has 1 heterocycles. The summed E-state index contributed by atoms with van der Waals surface area (Å²) in [6.07, 6.45) is 8.52. The van der Waals surface area contributed by atoms with E-state index in [-0.39, 0.29) is 0 Å². The molecule has 64 valence electrons. The summed E-state index contributed by atoms with van der Waals surface area (Å²) < 4.78 is 0. The van der Waals surface area contributed by atoms with Gasteiger partial charge in [0.2, 0.25) is 0 Å². The van der Waals surface area contributed by atoms with Crippen molar-refractivity contribution in [3.63, 3.8) is 0 Å². The standard InChI is InChI=1S/C9H13N3/c10-9-6-11-5-8(12-9)4-7-2-1-3-7/h5-7H,1-4H2,(H2,10,12). The van der Waals surface area contributed by atoms with Crippen LogP contribution in [0.1, 0.15) is 25.0 Å².